The number of piperidine rings is 1. The first-order chi connectivity index (χ1) is 17.2. The summed E-state index contributed by atoms with van der Waals surface area (Å²) < 4.78 is 80.9. The number of furan rings is 1. The lowest BCUT2D eigenvalue weighted by Gasteiger charge is -2.39. The van der Waals surface area contributed by atoms with Crippen molar-refractivity contribution in [1.82, 2.24) is 9.88 Å². The summed E-state index contributed by atoms with van der Waals surface area (Å²) >= 11 is 0. The molecular weight excluding hydrogens is 518 g/mol. The van der Waals surface area contributed by atoms with Crippen molar-refractivity contribution in [2.45, 2.75) is 49.9 Å². The number of carbonyl (C=O) groups is 2. The number of rotatable bonds is 4. The van der Waals surface area contributed by atoms with Crippen LogP contribution in [0.5, 0.6) is 5.75 Å². The van der Waals surface area contributed by atoms with E-state index in [1.807, 2.05) is 24.5 Å². The minimum absolute atomic E-state index is 0.0607. The van der Waals surface area contributed by atoms with Gasteiger partial charge in [0.1, 0.15) is 11.9 Å². The second kappa shape index (κ2) is 12.8. The normalized spacial score (nSPS) is 21.8. The van der Waals surface area contributed by atoms with Gasteiger partial charge < -0.3 is 24.1 Å². The summed E-state index contributed by atoms with van der Waals surface area (Å²) in [7, 11) is 0. The Morgan fingerprint density at radius 3 is 2.30 bits per heavy atom. The van der Waals surface area contributed by atoms with Crippen molar-refractivity contribution in [2.24, 2.45) is 0 Å². The van der Waals surface area contributed by atoms with Crippen LogP contribution in [0, 0.1) is 0 Å². The van der Waals surface area contributed by atoms with E-state index in [2.05, 4.69) is 9.88 Å². The van der Waals surface area contributed by atoms with Crippen molar-refractivity contribution in [3.05, 3.63) is 48.7 Å². The molecule has 2 N–H and O–H groups in total. The third-order valence-electron chi connectivity index (χ3n) is 5.20. The van der Waals surface area contributed by atoms with Crippen molar-refractivity contribution >= 4 is 11.9 Å². The highest BCUT2D eigenvalue weighted by Crippen LogP contribution is 2.36. The van der Waals surface area contributed by atoms with E-state index < -0.39 is 24.3 Å². The molecule has 2 fully saturated rings. The number of hydrogen-bond acceptors (Lipinski definition) is 7. The molecule has 2 aliphatic heterocycles. The number of carboxylic acids is 2. The Kier molecular flexibility index (Phi) is 10.3. The van der Waals surface area contributed by atoms with E-state index >= 15 is 0 Å². The van der Waals surface area contributed by atoms with Gasteiger partial charge >= 0.3 is 24.3 Å². The van der Waals surface area contributed by atoms with Crippen LogP contribution in [0.25, 0.3) is 0 Å². The van der Waals surface area contributed by atoms with Gasteiger partial charge in [0, 0.05) is 31.3 Å². The van der Waals surface area contributed by atoms with E-state index in [1.54, 1.807) is 18.7 Å². The highest BCUT2D eigenvalue weighted by Gasteiger charge is 2.44. The molecule has 2 saturated heterocycles. The van der Waals surface area contributed by atoms with E-state index in [4.69, 9.17) is 33.7 Å². The maximum absolute atomic E-state index is 10.6. The van der Waals surface area contributed by atoms with E-state index in [1.165, 1.54) is 5.56 Å². The third kappa shape index (κ3) is 10.3. The van der Waals surface area contributed by atoms with Crippen LogP contribution in [0.2, 0.25) is 0 Å². The fourth-order valence-electron chi connectivity index (χ4n) is 3.74. The van der Waals surface area contributed by atoms with Gasteiger partial charge in [0.05, 0.1) is 30.9 Å². The van der Waals surface area contributed by atoms with Crippen LogP contribution in [0.15, 0.2) is 47.5 Å². The molecule has 37 heavy (non-hydrogen) atoms. The van der Waals surface area contributed by atoms with Crippen LogP contribution in [-0.2, 0) is 20.9 Å². The van der Waals surface area contributed by atoms with Crippen LogP contribution in [0.3, 0.4) is 0 Å². The predicted molar refractivity (Wildman–Crippen MR) is 113 cm³/mol. The zero-order valence-electron chi connectivity index (χ0n) is 19.2. The molecule has 2 aromatic rings. The number of pyridine rings is 1. The molecule has 2 aromatic heterocycles. The number of nitrogens with zero attached hydrogens (tertiary/aromatic N) is 2. The Labute approximate surface area is 206 Å². The van der Waals surface area contributed by atoms with Gasteiger partial charge in [-0.2, -0.15) is 26.3 Å². The van der Waals surface area contributed by atoms with Crippen LogP contribution in [0.4, 0.5) is 26.3 Å². The molecule has 1 spiro atoms. The van der Waals surface area contributed by atoms with Crippen molar-refractivity contribution in [1.29, 1.82) is 0 Å². The van der Waals surface area contributed by atoms with Gasteiger partial charge in [0.15, 0.2) is 0 Å². The molecule has 2 aliphatic rings. The van der Waals surface area contributed by atoms with Crippen LogP contribution < -0.4 is 4.74 Å². The van der Waals surface area contributed by atoms with Gasteiger partial charge in [0.2, 0.25) is 0 Å². The molecule has 0 amide bonds. The van der Waals surface area contributed by atoms with Crippen molar-refractivity contribution in [3.8, 4) is 5.75 Å². The molecule has 15 heteroatoms. The monoisotopic (exact) mass is 542 g/mol. The van der Waals surface area contributed by atoms with Gasteiger partial charge in [0.25, 0.3) is 0 Å². The summed E-state index contributed by atoms with van der Waals surface area (Å²) in [5, 5.41) is 14.2. The lowest BCUT2D eigenvalue weighted by atomic mass is 9.89. The molecule has 9 nitrogen and oxygen atoms in total. The highest BCUT2D eigenvalue weighted by atomic mass is 19.4. The Morgan fingerprint density at radius 1 is 1.14 bits per heavy atom. The average Bonchev–Trinajstić information content (AvgIpc) is 3.44. The van der Waals surface area contributed by atoms with Gasteiger partial charge in [-0.15, -0.1) is 0 Å². The lowest BCUT2D eigenvalue weighted by Crippen LogP contribution is -2.47. The number of aromatic nitrogens is 1. The second-order valence-electron chi connectivity index (χ2n) is 8.18. The summed E-state index contributed by atoms with van der Waals surface area (Å²) in [6, 6.07) is 5.88. The number of hydrogen-bond donors (Lipinski definition) is 2. The zero-order chi connectivity index (χ0) is 27.7. The number of carboxylic acid groups (broad SMARTS) is 2. The molecule has 4 rings (SSSR count). The Hall–Kier alpha value is -3.33. The minimum Gasteiger partial charge on any atom is -0.486 e. The van der Waals surface area contributed by atoms with Crippen LogP contribution in [-0.4, -0.2) is 75.8 Å². The average molecular weight is 542 g/mol. The molecule has 0 unspecified atom stereocenters. The quantitative estimate of drug-likeness (QED) is 0.549. The zero-order valence-corrected chi connectivity index (χ0v) is 19.2. The van der Waals surface area contributed by atoms with E-state index in [-0.39, 0.29) is 11.7 Å². The Balaban J connectivity index is 0.000000286. The first-order valence-electron chi connectivity index (χ1n) is 10.7. The molecule has 2 atom stereocenters. The number of ether oxygens (including phenoxy) is 2. The van der Waals surface area contributed by atoms with Gasteiger partial charge in [-0.3, -0.25) is 9.88 Å². The van der Waals surface area contributed by atoms with Gasteiger partial charge in [-0.25, -0.2) is 9.59 Å². The highest BCUT2D eigenvalue weighted by molar-refractivity contribution is 5.73. The van der Waals surface area contributed by atoms with Gasteiger partial charge in [-0.1, -0.05) is 0 Å². The summed E-state index contributed by atoms with van der Waals surface area (Å²) in [4.78, 5) is 24.4. The van der Waals surface area contributed by atoms with Crippen molar-refractivity contribution in [2.75, 3.05) is 19.7 Å². The molecule has 4 heterocycles. The number of aliphatic carboxylic acids is 2. The van der Waals surface area contributed by atoms with Crippen LogP contribution >= 0.6 is 0 Å². The first-order valence-corrected chi connectivity index (χ1v) is 10.7. The summed E-state index contributed by atoms with van der Waals surface area (Å²) in [5.74, 6) is -4.69. The minimum atomic E-state index is -5.08. The summed E-state index contributed by atoms with van der Waals surface area (Å²) in [6.07, 6.45) is 0.256. The molecule has 0 bridgehead atoms. The Morgan fingerprint density at radius 2 is 1.78 bits per heavy atom. The second-order valence-corrected chi connectivity index (χ2v) is 8.18. The van der Waals surface area contributed by atoms with Crippen molar-refractivity contribution in [3.63, 3.8) is 0 Å². The molecule has 0 radical (unpaired) electrons. The molecule has 0 saturated carbocycles. The summed E-state index contributed by atoms with van der Waals surface area (Å²) in [6.45, 7) is 3.67. The lowest BCUT2D eigenvalue weighted by molar-refractivity contribution is -0.193. The topological polar surface area (TPSA) is 122 Å². The fraction of sp³-hybridized carbons (Fsp3) is 0.500. The number of halogens is 6. The van der Waals surface area contributed by atoms with Crippen molar-refractivity contribution < 1.29 is 60.0 Å². The van der Waals surface area contributed by atoms with Gasteiger partial charge in [-0.05, 0) is 37.6 Å². The SMILES string of the molecule is O=C(O)C(F)(F)F.O=C(O)C(F)(F)F.c1cncc(O[C@@H]2CO[C@@]3(CCCN(Cc4ccoc4)C3)C2)c1. The molecule has 0 aromatic carbocycles. The fourth-order valence-corrected chi connectivity index (χ4v) is 3.74. The first kappa shape index (κ1) is 29.9. The Bertz CT molecular complexity index is 962. The standard InChI is InChI=1S/C18H22N2O3.2C2HF3O2/c1-3-16(10-19-6-1)23-17-9-18(22-13-17)5-2-7-20(14-18)11-15-4-8-21-12-15;2*3-2(4,5)1(6)7/h1,3-4,6,8,10,12,17H,2,5,7,9,11,13-14H2;2*(H,6,7)/t17-,18-;;/m0../s1. The third-order valence-corrected chi connectivity index (χ3v) is 5.20. The van der Waals surface area contributed by atoms with E-state index in [9.17, 15) is 26.3 Å². The summed E-state index contributed by atoms with van der Waals surface area (Å²) in [5.41, 5.74) is 1.16. The maximum Gasteiger partial charge on any atom is 0.490 e. The largest absolute Gasteiger partial charge is 0.490 e. The molecule has 206 valence electrons. The maximum atomic E-state index is 10.6. The predicted octanol–water partition coefficient (Wildman–Crippen LogP) is 4.14. The molecular formula is C22H24F6N2O7. The van der Waals surface area contributed by atoms with E-state index in [0.29, 0.717) is 6.61 Å². The van der Waals surface area contributed by atoms with Crippen LogP contribution in [0.1, 0.15) is 24.8 Å². The van der Waals surface area contributed by atoms with E-state index in [0.717, 1.165) is 44.6 Å². The smallest absolute Gasteiger partial charge is 0.486 e. The molecule has 0 aliphatic carbocycles. The number of likely N-dealkylation sites (tertiary alicyclic amines) is 1. The number of alkyl halides is 6.